The van der Waals surface area contributed by atoms with Crippen LogP contribution >= 0.6 is 0 Å². The summed E-state index contributed by atoms with van der Waals surface area (Å²) in [4.78, 5) is 12.6. The average Bonchev–Trinajstić information content (AvgIpc) is 2.56. The highest BCUT2D eigenvalue weighted by atomic mass is 19.1. The second-order valence-corrected chi connectivity index (χ2v) is 4.03. The van der Waals surface area contributed by atoms with E-state index in [1.165, 1.54) is 6.07 Å². The highest BCUT2D eigenvalue weighted by molar-refractivity contribution is 5.77. The van der Waals surface area contributed by atoms with Gasteiger partial charge in [-0.2, -0.15) is 0 Å². The van der Waals surface area contributed by atoms with Crippen LogP contribution in [-0.4, -0.2) is 30.7 Å². The third kappa shape index (κ3) is 1.53. The molecule has 1 aliphatic rings. The van der Waals surface area contributed by atoms with Gasteiger partial charge in [-0.25, -0.2) is 4.39 Å². The maximum absolute atomic E-state index is 13.5. The number of carbonyl (C=O) groups is 1. The first-order valence-electron chi connectivity index (χ1n) is 5.00. The number of benzene rings is 1. The zero-order chi connectivity index (χ0) is 11.9. The molecule has 1 aromatic carbocycles. The molecule has 5 heteroatoms. The molecule has 0 radical (unpaired) electrons. The first-order chi connectivity index (χ1) is 7.52. The van der Waals surface area contributed by atoms with Gasteiger partial charge in [0.1, 0.15) is 11.9 Å². The molecule has 4 nitrogen and oxygen atoms in total. The van der Waals surface area contributed by atoms with E-state index < -0.39 is 12.0 Å². The molecule has 1 heterocycles. The maximum Gasteiger partial charge on any atom is 0.321 e. The van der Waals surface area contributed by atoms with E-state index in [1.807, 2.05) is 0 Å². The van der Waals surface area contributed by atoms with Gasteiger partial charge in [0.2, 0.25) is 0 Å². The number of nitrogens with two attached hydrogens (primary N) is 1. The molecule has 0 aromatic heterocycles. The van der Waals surface area contributed by atoms with Crippen LogP contribution in [0, 0.1) is 5.82 Å². The molecule has 16 heavy (non-hydrogen) atoms. The minimum absolute atomic E-state index is 0.333. The Morgan fingerprint density at radius 2 is 2.38 bits per heavy atom. The van der Waals surface area contributed by atoms with Crippen LogP contribution in [-0.2, 0) is 4.79 Å². The number of carboxylic acids is 1. The number of fused-ring (bicyclic) bond motifs is 1. The van der Waals surface area contributed by atoms with E-state index in [9.17, 15) is 9.18 Å². The number of anilines is 1. The normalized spacial score (nSPS) is 20.7. The Hall–Kier alpha value is -1.62. The van der Waals surface area contributed by atoms with Crippen LogP contribution in [0.3, 0.4) is 0 Å². The minimum atomic E-state index is -1.06. The van der Waals surface area contributed by atoms with Gasteiger partial charge in [0, 0.05) is 19.5 Å². The summed E-state index contributed by atoms with van der Waals surface area (Å²) < 4.78 is 13.5. The molecule has 1 aliphatic heterocycles. The fourth-order valence-corrected chi connectivity index (χ4v) is 2.20. The number of hydrogen-bond acceptors (Lipinski definition) is 3. The molecule has 3 N–H and O–H groups in total. The molecule has 2 atom stereocenters. The summed E-state index contributed by atoms with van der Waals surface area (Å²) in [6.07, 6.45) is 0. The van der Waals surface area contributed by atoms with Crippen molar-refractivity contribution in [3.63, 3.8) is 0 Å². The molecular weight excluding hydrogens is 211 g/mol. The Morgan fingerprint density at radius 3 is 3.00 bits per heavy atom. The molecule has 0 aliphatic carbocycles. The Labute approximate surface area is 92.5 Å². The third-order valence-electron chi connectivity index (χ3n) is 2.99. The Morgan fingerprint density at radius 1 is 1.69 bits per heavy atom. The summed E-state index contributed by atoms with van der Waals surface area (Å²) in [5, 5.41) is 8.89. The minimum Gasteiger partial charge on any atom is -0.480 e. The van der Waals surface area contributed by atoms with Crippen LogP contribution in [0.15, 0.2) is 18.2 Å². The van der Waals surface area contributed by atoms with Gasteiger partial charge >= 0.3 is 5.97 Å². The van der Waals surface area contributed by atoms with E-state index in [-0.39, 0.29) is 11.7 Å². The lowest BCUT2D eigenvalue weighted by Gasteiger charge is -2.15. The fraction of sp³-hybridized carbons (Fsp3) is 0.364. The highest BCUT2D eigenvalue weighted by Crippen LogP contribution is 2.38. The molecule has 0 saturated heterocycles. The van der Waals surface area contributed by atoms with Gasteiger partial charge in [-0.1, -0.05) is 12.1 Å². The van der Waals surface area contributed by atoms with E-state index in [0.29, 0.717) is 17.8 Å². The van der Waals surface area contributed by atoms with Crippen molar-refractivity contribution in [2.24, 2.45) is 5.73 Å². The van der Waals surface area contributed by atoms with E-state index in [1.54, 1.807) is 24.1 Å². The number of aliphatic carboxylic acids is 1. The summed E-state index contributed by atoms with van der Waals surface area (Å²) in [6, 6.07) is 3.68. The number of likely N-dealkylation sites (N-methyl/N-ethyl adjacent to an activating group) is 1. The highest BCUT2D eigenvalue weighted by Gasteiger charge is 2.35. The van der Waals surface area contributed by atoms with Gasteiger partial charge in [-0.05, 0) is 11.6 Å². The summed E-state index contributed by atoms with van der Waals surface area (Å²) in [5.41, 5.74) is 6.74. The van der Waals surface area contributed by atoms with Gasteiger partial charge in [0.15, 0.2) is 0 Å². The molecule has 0 spiro atoms. The van der Waals surface area contributed by atoms with Crippen molar-refractivity contribution in [2.75, 3.05) is 18.5 Å². The van der Waals surface area contributed by atoms with Crippen molar-refractivity contribution in [1.29, 1.82) is 0 Å². The predicted molar refractivity (Wildman–Crippen MR) is 58.0 cm³/mol. The molecule has 0 amide bonds. The van der Waals surface area contributed by atoms with Crippen LogP contribution in [0.5, 0.6) is 0 Å². The first kappa shape index (κ1) is 10.9. The SMILES string of the molecule is CN1CC(C(N)C(=O)O)c2cccc(F)c21. The van der Waals surface area contributed by atoms with Crippen molar-refractivity contribution in [3.05, 3.63) is 29.6 Å². The number of nitrogens with zero attached hydrogens (tertiary/aromatic N) is 1. The second kappa shape index (κ2) is 3.75. The zero-order valence-electron chi connectivity index (χ0n) is 8.85. The maximum atomic E-state index is 13.5. The van der Waals surface area contributed by atoms with Gasteiger partial charge < -0.3 is 15.7 Å². The Balaban J connectivity index is 2.44. The number of para-hydroxylation sites is 1. The topological polar surface area (TPSA) is 66.6 Å². The van der Waals surface area contributed by atoms with Crippen molar-refractivity contribution in [3.8, 4) is 0 Å². The molecule has 0 fully saturated rings. The van der Waals surface area contributed by atoms with E-state index in [2.05, 4.69) is 0 Å². The molecule has 2 rings (SSSR count). The van der Waals surface area contributed by atoms with E-state index in [4.69, 9.17) is 10.8 Å². The summed E-state index contributed by atoms with van der Waals surface area (Å²) in [5.74, 6) is -1.75. The Kier molecular flexibility index (Phi) is 2.55. The third-order valence-corrected chi connectivity index (χ3v) is 2.99. The first-order valence-corrected chi connectivity index (χ1v) is 5.00. The van der Waals surface area contributed by atoms with Gasteiger partial charge in [0.05, 0.1) is 5.69 Å². The van der Waals surface area contributed by atoms with E-state index >= 15 is 0 Å². The fourth-order valence-electron chi connectivity index (χ4n) is 2.20. The van der Waals surface area contributed by atoms with Crippen LogP contribution in [0.1, 0.15) is 11.5 Å². The van der Waals surface area contributed by atoms with Gasteiger partial charge in [-0.15, -0.1) is 0 Å². The average molecular weight is 224 g/mol. The predicted octanol–water partition coefficient (Wildman–Crippen LogP) is 0.771. The van der Waals surface area contributed by atoms with Crippen molar-refractivity contribution in [2.45, 2.75) is 12.0 Å². The molecular formula is C11H13FN2O2. The molecule has 0 bridgehead atoms. The largest absolute Gasteiger partial charge is 0.480 e. The molecule has 1 aromatic rings. The number of hydrogen-bond donors (Lipinski definition) is 2. The lowest BCUT2D eigenvalue weighted by Crippen LogP contribution is -2.38. The standard InChI is InChI=1S/C11H13FN2O2/c1-14-5-7(9(13)11(15)16)6-3-2-4-8(12)10(6)14/h2-4,7,9H,5,13H2,1H3,(H,15,16). The number of halogens is 1. The van der Waals surface area contributed by atoms with Gasteiger partial charge in [-0.3, -0.25) is 4.79 Å². The summed E-state index contributed by atoms with van der Waals surface area (Å²) in [7, 11) is 1.73. The zero-order valence-corrected chi connectivity index (χ0v) is 8.85. The monoisotopic (exact) mass is 224 g/mol. The molecule has 0 saturated carbocycles. The lowest BCUT2D eigenvalue weighted by molar-refractivity contribution is -0.139. The van der Waals surface area contributed by atoms with Crippen LogP contribution in [0.4, 0.5) is 10.1 Å². The summed E-state index contributed by atoms with van der Waals surface area (Å²) >= 11 is 0. The van der Waals surface area contributed by atoms with Crippen molar-refractivity contribution in [1.82, 2.24) is 0 Å². The van der Waals surface area contributed by atoms with Gasteiger partial charge in [0.25, 0.3) is 0 Å². The van der Waals surface area contributed by atoms with Crippen molar-refractivity contribution >= 4 is 11.7 Å². The van der Waals surface area contributed by atoms with Crippen molar-refractivity contribution < 1.29 is 14.3 Å². The van der Waals surface area contributed by atoms with E-state index in [0.717, 1.165) is 0 Å². The molecule has 2 unspecified atom stereocenters. The smallest absolute Gasteiger partial charge is 0.321 e. The quantitative estimate of drug-likeness (QED) is 0.778. The van der Waals surface area contributed by atoms with Crippen LogP contribution in [0.25, 0.3) is 0 Å². The molecule has 86 valence electrons. The van der Waals surface area contributed by atoms with Crippen LogP contribution < -0.4 is 10.6 Å². The number of carboxylic acid groups (broad SMARTS) is 1. The Bertz CT molecular complexity index is 436. The van der Waals surface area contributed by atoms with Crippen LogP contribution in [0.2, 0.25) is 0 Å². The second-order valence-electron chi connectivity index (χ2n) is 4.03. The summed E-state index contributed by atoms with van der Waals surface area (Å²) in [6.45, 7) is 0.434. The number of rotatable bonds is 2. The lowest BCUT2D eigenvalue weighted by atomic mass is 9.94.